The van der Waals surface area contributed by atoms with E-state index in [4.69, 9.17) is 9.47 Å². The van der Waals surface area contributed by atoms with E-state index in [0.717, 1.165) is 66.5 Å². The van der Waals surface area contributed by atoms with Gasteiger partial charge in [0.2, 0.25) is 6.79 Å². The highest BCUT2D eigenvalue weighted by Crippen LogP contribution is 2.40. The maximum absolute atomic E-state index is 15.3. The van der Waals surface area contributed by atoms with E-state index in [2.05, 4.69) is 40.0 Å². The Morgan fingerprint density at radius 3 is 2.37 bits per heavy atom. The minimum atomic E-state index is -0.265. The monoisotopic (exact) mass is 758 g/mol. The Hall–Kier alpha value is -6.56. The van der Waals surface area contributed by atoms with Crippen molar-refractivity contribution in [3.05, 3.63) is 144 Å². The van der Waals surface area contributed by atoms with E-state index >= 15 is 9.59 Å². The molecule has 57 heavy (non-hydrogen) atoms. The van der Waals surface area contributed by atoms with Crippen molar-refractivity contribution in [3.8, 4) is 22.9 Å². The summed E-state index contributed by atoms with van der Waals surface area (Å²) in [5, 5.41) is 11.9. The molecule has 0 spiro atoms. The Morgan fingerprint density at radius 1 is 0.807 bits per heavy atom. The van der Waals surface area contributed by atoms with Gasteiger partial charge in [-0.2, -0.15) is 0 Å². The van der Waals surface area contributed by atoms with E-state index in [1.54, 1.807) is 35.2 Å². The number of amides is 2. The number of phenolic OH excluding ortho intramolecular Hbond substituents is 1. The van der Waals surface area contributed by atoms with Crippen molar-refractivity contribution in [2.24, 2.45) is 0 Å². The number of benzene rings is 5. The Kier molecular flexibility index (Phi) is 8.68. The predicted octanol–water partition coefficient (Wildman–Crippen LogP) is 7.34. The number of aromatic amines is 1. The number of carbonyl (C=O) groups is 2. The van der Waals surface area contributed by atoms with Crippen LogP contribution in [0.4, 0.5) is 11.4 Å². The SMILES string of the molecule is CN1CCN(C[C@@H]2Cc3ccccc3CN2C(=O)c2cc3c(cc2-n2cc(C(=O)N(c4ccc(O)cc4)c4ccc5[nH]ccc5c4)c4ccccc42)OCO3)CC1. The second-order valence-corrected chi connectivity index (χ2v) is 15.2. The highest BCUT2D eigenvalue weighted by atomic mass is 16.7. The standard InChI is InChI=1S/C46H42N6O5/c1-48-18-20-49(21-19-48)27-35-22-30-6-2-3-7-32(30)26-50(35)45(54)38-24-43-44(57-29-56-43)25-42(38)51-28-39(37-8-4-5-9-41(37)51)46(55)52(33-10-13-36(53)14-11-33)34-12-15-40-31(23-34)16-17-47-40/h2-17,23-25,28,35,47,53H,18-22,26-27,29H2,1H3/t35-/m0/s1. The van der Waals surface area contributed by atoms with Crippen molar-refractivity contribution in [2.75, 3.05) is 51.5 Å². The van der Waals surface area contributed by atoms with Gasteiger partial charge in [0.1, 0.15) is 5.75 Å². The van der Waals surface area contributed by atoms with Crippen molar-refractivity contribution < 1.29 is 24.2 Å². The molecule has 2 amide bonds. The Morgan fingerprint density at radius 2 is 1.54 bits per heavy atom. The maximum atomic E-state index is 15.3. The quantitative estimate of drug-likeness (QED) is 0.175. The number of likely N-dealkylation sites (N-methyl/N-ethyl adjacent to an activating group) is 1. The third-order valence-electron chi connectivity index (χ3n) is 11.7. The van der Waals surface area contributed by atoms with Crippen LogP contribution in [-0.2, 0) is 13.0 Å². The molecule has 3 aliphatic heterocycles. The minimum Gasteiger partial charge on any atom is -0.508 e. The van der Waals surface area contributed by atoms with Crippen molar-refractivity contribution in [2.45, 2.75) is 19.0 Å². The van der Waals surface area contributed by atoms with Crippen LogP contribution in [0.5, 0.6) is 17.2 Å². The van der Waals surface area contributed by atoms with E-state index in [9.17, 15) is 5.11 Å². The lowest BCUT2D eigenvalue weighted by Crippen LogP contribution is -2.53. The predicted molar refractivity (Wildman–Crippen MR) is 220 cm³/mol. The topological polar surface area (TPSA) is 107 Å². The molecule has 1 saturated heterocycles. The van der Waals surface area contributed by atoms with Gasteiger partial charge in [-0.05, 0) is 85.3 Å². The zero-order valence-electron chi connectivity index (χ0n) is 31.6. The van der Waals surface area contributed by atoms with E-state index in [1.807, 2.05) is 82.5 Å². The van der Waals surface area contributed by atoms with Crippen LogP contribution in [0.15, 0.2) is 122 Å². The number of phenols is 1. The molecule has 3 aliphatic rings. The van der Waals surface area contributed by atoms with Gasteiger partial charge >= 0.3 is 0 Å². The normalized spacial score (nSPS) is 16.9. The number of nitrogens with zero attached hydrogens (tertiary/aromatic N) is 5. The molecule has 11 nitrogen and oxygen atoms in total. The van der Waals surface area contributed by atoms with Gasteiger partial charge in [-0.15, -0.1) is 0 Å². The number of nitrogens with one attached hydrogen (secondary N) is 1. The van der Waals surface area contributed by atoms with Gasteiger partial charge in [0.15, 0.2) is 11.5 Å². The van der Waals surface area contributed by atoms with Gasteiger partial charge in [-0.3, -0.25) is 19.4 Å². The summed E-state index contributed by atoms with van der Waals surface area (Å²) in [6, 6.07) is 34.2. The van der Waals surface area contributed by atoms with Crippen LogP contribution >= 0.6 is 0 Å². The lowest BCUT2D eigenvalue weighted by molar-refractivity contribution is 0.0535. The fourth-order valence-corrected chi connectivity index (χ4v) is 8.61. The number of anilines is 2. The summed E-state index contributed by atoms with van der Waals surface area (Å²) in [6.07, 6.45) is 4.47. The van der Waals surface area contributed by atoms with Crippen molar-refractivity contribution in [1.29, 1.82) is 0 Å². The number of fused-ring (bicyclic) bond motifs is 4. The fourth-order valence-electron chi connectivity index (χ4n) is 8.61. The van der Waals surface area contributed by atoms with Crippen molar-refractivity contribution >= 4 is 45.0 Å². The van der Waals surface area contributed by atoms with Gasteiger partial charge in [0, 0.05) is 91.4 Å². The van der Waals surface area contributed by atoms with Crippen LogP contribution in [0.3, 0.4) is 0 Å². The molecule has 7 aromatic rings. The molecule has 0 aliphatic carbocycles. The fraction of sp³-hybridized carbons (Fsp3) is 0.217. The number of H-pyrrole nitrogens is 1. The molecule has 11 heteroatoms. The molecule has 0 radical (unpaired) electrons. The first-order chi connectivity index (χ1) is 27.9. The first-order valence-corrected chi connectivity index (χ1v) is 19.4. The molecule has 10 rings (SSSR count). The van der Waals surface area contributed by atoms with E-state index in [-0.39, 0.29) is 30.4 Å². The first kappa shape index (κ1) is 34.9. The number of piperazine rings is 1. The van der Waals surface area contributed by atoms with Crippen molar-refractivity contribution in [3.63, 3.8) is 0 Å². The second kappa shape index (κ2) is 14.2. The molecule has 5 heterocycles. The maximum Gasteiger partial charge on any atom is 0.265 e. The Balaban J connectivity index is 1.09. The Bertz CT molecular complexity index is 2660. The third-order valence-corrected chi connectivity index (χ3v) is 11.7. The van der Waals surface area contributed by atoms with Crippen LogP contribution in [0.2, 0.25) is 0 Å². The molecule has 2 aromatic heterocycles. The molecule has 2 N–H and O–H groups in total. The molecule has 0 bridgehead atoms. The average molecular weight is 759 g/mol. The summed E-state index contributed by atoms with van der Waals surface area (Å²) in [5.74, 6) is 0.788. The summed E-state index contributed by atoms with van der Waals surface area (Å²) in [7, 11) is 2.16. The smallest absolute Gasteiger partial charge is 0.265 e. The largest absolute Gasteiger partial charge is 0.508 e. The van der Waals surface area contributed by atoms with Crippen LogP contribution in [0, 0.1) is 0 Å². The van der Waals surface area contributed by atoms with Crippen LogP contribution in [0.25, 0.3) is 27.5 Å². The average Bonchev–Trinajstić information content (AvgIpc) is 4.00. The number of para-hydroxylation sites is 1. The van der Waals surface area contributed by atoms with E-state index in [0.29, 0.717) is 46.2 Å². The molecule has 1 atom stereocenters. The zero-order chi connectivity index (χ0) is 38.6. The summed E-state index contributed by atoms with van der Waals surface area (Å²) in [5.41, 5.74) is 6.93. The Labute approximate surface area is 329 Å². The van der Waals surface area contributed by atoms with Crippen LogP contribution in [0.1, 0.15) is 31.8 Å². The van der Waals surface area contributed by atoms with Gasteiger partial charge in [0.05, 0.1) is 22.3 Å². The van der Waals surface area contributed by atoms with Gasteiger partial charge < -0.3 is 33.9 Å². The highest BCUT2D eigenvalue weighted by molar-refractivity contribution is 6.18. The minimum absolute atomic E-state index is 0.0381. The summed E-state index contributed by atoms with van der Waals surface area (Å²) in [4.78, 5) is 42.1. The molecule has 0 saturated carbocycles. The first-order valence-electron chi connectivity index (χ1n) is 19.4. The summed E-state index contributed by atoms with van der Waals surface area (Å²) < 4.78 is 13.7. The second-order valence-electron chi connectivity index (χ2n) is 15.2. The number of aromatic hydroxyl groups is 1. The molecular formula is C46H42N6O5. The van der Waals surface area contributed by atoms with Crippen LogP contribution in [-0.4, -0.2) is 93.8 Å². The molecular weight excluding hydrogens is 717 g/mol. The lowest BCUT2D eigenvalue weighted by atomic mass is 9.92. The molecule has 0 unspecified atom stereocenters. The van der Waals surface area contributed by atoms with E-state index in [1.165, 1.54) is 5.56 Å². The van der Waals surface area contributed by atoms with Crippen molar-refractivity contribution in [1.82, 2.24) is 24.3 Å². The van der Waals surface area contributed by atoms with Gasteiger partial charge in [-0.1, -0.05) is 42.5 Å². The van der Waals surface area contributed by atoms with E-state index < -0.39 is 0 Å². The number of ether oxygens (including phenoxy) is 2. The summed E-state index contributed by atoms with van der Waals surface area (Å²) in [6.45, 7) is 5.23. The molecule has 1 fully saturated rings. The lowest BCUT2D eigenvalue weighted by Gasteiger charge is -2.41. The highest BCUT2D eigenvalue weighted by Gasteiger charge is 2.35. The number of rotatable bonds is 7. The number of aromatic nitrogens is 2. The number of carbonyl (C=O) groups excluding carboxylic acids is 2. The zero-order valence-corrected chi connectivity index (χ0v) is 31.6. The summed E-state index contributed by atoms with van der Waals surface area (Å²) >= 11 is 0. The molecule has 5 aromatic carbocycles. The van der Waals surface area contributed by atoms with Crippen LogP contribution < -0.4 is 14.4 Å². The third kappa shape index (κ3) is 6.34. The number of hydrogen-bond donors (Lipinski definition) is 2. The molecule has 286 valence electrons. The number of hydrogen-bond acceptors (Lipinski definition) is 7. The van der Waals surface area contributed by atoms with Gasteiger partial charge in [-0.25, -0.2) is 0 Å². The van der Waals surface area contributed by atoms with Gasteiger partial charge in [0.25, 0.3) is 11.8 Å².